The van der Waals surface area contributed by atoms with E-state index in [0.29, 0.717) is 0 Å². The van der Waals surface area contributed by atoms with Gasteiger partial charge in [0, 0.05) is 72.8 Å². The highest BCUT2D eigenvalue weighted by atomic mass is 16.3. The van der Waals surface area contributed by atoms with Gasteiger partial charge in [0.25, 0.3) is 0 Å². The molecule has 0 bridgehead atoms. The second kappa shape index (κ2) is 11.5. The quantitative estimate of drug-likeness (QED) is 0.179. The van der Waals surface area contributed by atoms with E-state index in [1.165, 1.54) is 0 Å². The fourth-order valence-electron chi connectivity index (χ4n) is 8.53. The average molecular weight is 707 g/mol. The number of rotatable bonds is 5. The van der Waals surface area contributed by atoms with Gasteiger partial charge in [-0.3, -0.25) is 0 Å². The van der Waals surface area contributed by atoms with Crippen molar-refractivity contribution >= 4 is 93.9 Å². The summed E-state index contributed by atoms with van der Waals surface area (Å²) in [6.45, 7) is 0. The van der Waals surface area contributed by atoms with Crippen molar-refractivity contribution in [3.63, 3.8) is 0 Å². The summed E-state index contributed by atoms with van der Waals surface area (Å²) in [6.07, 6.45) is 0. The normalized spacial score (nSPS) is 12.0. The molecule has 0 aliphatic heterocycles. The molecule has 258 valence electrons. The third-order valence-electron chi connectivity index (χ3n) is 11.0. The lowest BCUT2D eigenvalue weighted by molar-refractivity contribution is 0.669. The number of furan rings is 3. The topological polar surface area (TPSA) is 47.6 Å². The Morgan fingerprint density at radius 3 is 1.64 bits per heavy atom. The molecule has 0 amide bonds. The van der Waals surface area contributed by atoms with Crippen LogP contribution in [0.1, 0.15) is 0 Å². The zero-order valence-corrected chi connectivity index (χ0v) is 29.4. The van der Waals surface area contributed by atoms with Crippen LogP contribution in [0.4, 0.5) is 17.1 Å². The number of benzene rings is 8. The summed E-state index contributed by atoms with van der Waals surface area (Å²) in [5.74, 6) is 0. The number of nitrogens with zero attached hydrogens (tertiary/aromatic N) is 2. The van der Waals surface area contributed by atoms with Gasteiger partial charge in [-0.05, 0) is 84.4 Å². The molecule has 0 N–H and O–H groups in total. The Morgan fingerprint density at radius 2 is 0.927 bits per heavy atom. The summed E-state index contributed by atoms with van der Waals surface area (Å²) in [7, 11) is 0. The zero-order chi connectivity index (χ0) is 36.0. The van der Waals surface area contributed by atoms with Gasteiger partial charge in [0.2, 0.25) is 0 Å². The van der Waals surface area contributed by atoms with Gasteiger partial charge in [-0.2, -0.15) is 0 Å². The molecule has 0 atom stereocenters. The number of hydrogen-bond acceptors (Lipinski definition) is 4. The van der Waals surface area contributed by atoms with Gasteiger partial charge in [-0.25, -0.2) is 0 Å². The van der Waals surface area contributed by atoms with Crippen LogP contribution in [0.2, 0.25) is 0 Å². The first-order valence-corrected chi connectivity index (χ1v) is 18.5. The van der Waals surface area contributed by atoms with Gasteiger partial charge in [-0.15, -0.1) is 0 Å². The zero-order valence-electron chi connectivity index (χ0n) is 29.4. The summed E-state index contributed by atoms with van der Waals surface area (Å²) in [6, 6.07) is 63.5. The summed E-state index contributed by atoms with van der Waals surface area (Å²) in [5, 5.41) is 6.54. The molecular formula is C50H30N2O3. The van der Waals surface area contributed by atoms with Crippen molar-refractivity contribution < 1.29 is 13.3 Å². The first-order valence-electron chi connectivity index (χ1n) is 18.5. The highest BCUT2D eigenvalue weighted by Gasteiger charge is 2.22. The molecule has 5 nitrogen and oxygen atoms in total. The molecule has 0 fully saturated rings. The SMILES string of the molecule is c1ccc(-n2c3ccccc3c3oc4c(-c5cccc(N(c6ccc7c(c6)oc6ccccc67)c6ccc7c(c6)oc6ccccc67)c5)cccc4c32)cc1. The van der Waals surface area contributed by atoms with E-state index in [-0.39, 0.29) is 0 Å². The van der Waals surface area contributed by atoms with E-state index in [1.807, 2.05) is 24.3 Å². The van der Waals surface area contributed by atoms with Crippen LogP contribution in [-0.4, -0.2) is 4.57 Å². The molecule has 8 aromatic carbocycles. The lowest BCUT2D eigenvalue weighted by Gasteiger charge is -2.26. The summed E-state index contributed by atoms with van der Waals surface area (Å²) in [4.78, 5) is 2.28. The van der Waals surface area contributed by atoms with Crippen LogP contribution in [0.5, 0.6) is 0 Å². The van der Waals surface area contributed by atoms with E-state index < -0.39 is 0 Å². The minimum absolute atomic E-state index is 0.836. The van der Waals surface area contributed by atoms with E-state index in [2.05, 4.69) is 167 Å². The van der Waals surface area contributed by atoms with Crippen LogP contribution >= 0.6 is 0 Å². The average Bonchev–Trinajstić information content (AvgIpc) is 3.99. The lowest BCUT2D eigenvalue weighted by Crippen LogP contribution is -2.09. The predicted octanol–water partition coefficient (Wildman–Crippen LogP) is 14.5. The molecule has 0 spiro atoms. The molecule has 12 aromatic rings. The van der Waals surface area contributed by atoms with Gasteiger partial charge in [0.15, 0.2) is 5.58 Å². The summed E-state index contributed by atoms with van der Waals surface area (Å²) in [5.41, 5.74) is 13.5. The van der Waals surface area contributed by atoms with Crippen molar-refractivity contribution in [3.8, 4) is 16.8 Å². The molecule has 12 rings (SSSR count). The molecule has 4 heterocycles. The highest BCUT2D eigenvalue weighted by molar-refractivity contribution is 6.18. The van der Waals surface area contributed by atoms with Crippen molar-refractivity contribution in [1.82, 2.24) is 4.57 Å². The van der Waals surface area contributed by atoms with Crippen LogP contribution in [0.15, 0.2) is 195 Å². The third-order valence-corrected chi connectivity index (χ3v) is 11.0. The standard InChI is InChI=1S/C50H30N2O3/c1-2-13-32(14-3-1)52-43-21-7-4-18-41(43)50-48(52)42-20-11-19-36(49(42)55-50)31-12-10-15-33(28-31)51(34-24-26-39-37-16-5-8-22-44(37)53-46(39)29-34)35-25-27-40-38-17-6-9-23-45(38)54-47(40)30-35/h1-30H. The lowest BCUT2D eigenvalue weighted by atomic mass is 10.0. The number of para-hydroxylation sites is 5. The Labute approximate surface area is 314 Å². The van der Waals surface area contributed by atoms with E-state index in [4.69, 9.17) is 13.3 Å². The number of hydrogen-bond donors (Lipinski definition) is 0. The first-order chi connectivity index (χ1) is 27.3. The third kappa shape index (κ3) is 4.47. The van der Waals surface area contributed by atoms with Crippen molar-refractivity contribution in [2.45, 2.75) is 0 Å². The second-order valence-electron chi connectivity index (χ2n) is 14.1. The molecule has 0 aliphatic rings. The molecule has 0 saturated heterocycles. The van der Waals surface area contributed by atoms with Crippen molar-refractivity contribution in [1.29, 1.82) is 0 Å². The van der Waals surface area contributed by atoms with E-state index in [0.717, 1.165) is 111 Å². The fourth-order valence-corrected chi connectivity index (χ4v) is 8.53. The second-order valence-corrected chi connectivity index (χ2v) is 14.1. The van der Waals surface area contributed by atoms with Crippen LogP contribution in [0.25, 0.3) is 93.7 Å². The Hall–Kier alpha value is -7.50. The van der Waals surface area contributed by atoms with Crippen LogP contribution in [0.3, 0.4) is 0 Å². The monoisotopic (exact) mass is 706 g/mol. The Balaban J connectivity index is 1.06. The number of fused-ring (bicyclic) bond motifs is 11. The van der Waals surface area contributed by atoms with E-state index >= 15 is 0 Å². The van der Waals surface area contributed by atoms with Gasteiger partial charge in [0.05, 0.1) is 5.52 Å². The van der Waals surface area contributed by atoms with Crippen LogP contribution < -0.4 is 4.90 Å². The van der Waals surface area contributed by atoms with Crippen molar-refractivity contribution in [2.24, 2.45) is 0 Å². The maximum Gasteiger partial charge on any atom is 0.161 e. The minimum Gasteiger partial charge on any atom is -0.456 e. The van der Waals surface area contributed by atoms with Crippen LogP contribution in [-0.2, 0) is 0 Å². The minimum atomic E-state index is 0.836. The molecule has 55 heavy (non-hydrogen) atoms. The molecule has 0 aliphatic carbocycles. The Bertz CT molecular complexity index is 3340. The van der Waals surface area contributed by atoms with Crippen molar-refractivity contribution in [2.75, 3.05) is 4.90 Å². The van der Waals surface area contributed by atoms with E-state index in [1.54, 1.807) is 0 Å². The molecule has 0 radical (unpaired) electrons. The summed E-state index contributed by atoms with van der Waals surface area (Å²) < 4.78 is 22.0. The molecular weight excluding hydrogens is 677 g/mol. The maximum absolute atomic E-state index is 6.92. The fraction of sp³-hybridized carbons (Fsp3) is 0. The number of aromatic nitrogens is 1. The molecule has 0 unspecified atom stereocenters. The highest BCUT2D eigenvalue weighted by Crippen LogP contribution is 2.45. The van der Waals surface area contributed by atoms with Gasteiger partial charge in [-0.1, -0.05) is 91.0 Å². The van der Waals surface area contributed by atoms with Gasteiger partial charge < -0.3 is 22.7 Å². The molecule has 4 aromatic heterocycles. The Morgan fingerprint density at radius 1 is 0.364 bits per heavy atom. The van der Waals surface area contributed by atoms with Gasteiger partial charge in [0.1, 0.15) is 33.4 Å². The first kappa shape index (κ1) is 30.0. The van der Waals surface area contributed by atoms with Crippen LogP contribution in [0, 0.1) is 0 Å². The Kier molecular flexibility index (Phi) is 6.27. The smallest absolute Gasteiger partial charge is 0.161 e. The van der Waals surface area contributed by atoms with E-state index in [9.17, 15) is 0 Å². The molecule has 0 saturated carbocycles. The maximum atomic E-state index is 6.92. The van der Waals surface area contributed by atoms with Gasteiger partial charge >= 0.3 is 0 Å². The summed E-state index contributed by atoms with van der Waals surface area (Å²) >= 11 is 0. The number of anilines is 3. The molecule has 5 heteroatoms. The predicted molar refractivity (Wildman–Crippen MR) is 225 cm³/mol. The van der Waals surface area contributed by atoms with Crippen molar-refractivity contribution in [3.05, 3.63) is 182 Å². The largest absolute Gasteiger partial charge is 0.456 e.